The van der Waals surface area contributed by atoms with Crippen molar-refractivity contribution in [3.05, 3.63) is 34.9 Å². The van der Waals surface area contributed by atoms with E-state index >= 15 is 0 Å². The second kappa shape index (κ2) is 18.1. The molecule has 0 aliphatic carbocycles. The molecule has 330 valence electrons. The molecule has 27 heteroatoms. The second-order valence-corrected chi connectivity index (χ2v) is 14.1. The number of H-pyrrole nitrogens is 2. The number of fused-ring (bicyclic) bond motifs is 2. The molecule has 2 aromatic heterocycles. The number of ether oxygens (including phenoxy) is 2. The number of rotatable bonds is 7. The summed E-state index contributed by atoms with van der Waals surface area (Å²) in [5, 5.41) is 15.4. The minimum Gasteiger partial charge on any atom is -0.426 e. The molecule has 0 saturated carbocycles. The highest BCUT2D eigenvalue weighted by molar-refractivity contribution is 5.99. The first kappa shape index (κ1) is 46.7. The Hall–Kier alpha value is -4.95. The average Bonchev–Trinajstić information content (AvgIpc) is 3.93. The molecule has 6 rings (SSSR count). The molecule has 3 N–H and O–H groups in total. The molecule has 2 aromatic rings. The van der Waals surface area contributed by atoms with Crippen molar-refractivity contribution in [2.75, 3.05) is 52.4 Å². The van der Waals surface area contributed by atoms with Gasteiger partial charge in [-0.15, -0.1) is 0 Å². The quantitative estimate of drug-likeness (QED) is 0.198. The molecule has 0 spiro atoms. The molecule has 15 nitrogen and oxygen atoms in total. The number of Topliss-reactive ketones (excluding diaryl/α,β-unsaturated/α-hetero) is 2. The summed E-state index contributed by atoms with van der Waals surface area (Å²) in [4.78, 5) is 59.5. The molecule has 4 saturated heterocycles. The first-order chi connectivity index (χ1) is 27.2. The van der Waals surface area contributed by atoms with Crippen molar-refractivity contribution in [3.63, 3.8) is 0 Å². The van der Waals surface area contributed by atoms with Crippen LogP contribution in [0.2, 0.25) is 0 Å². The number of aromatic nitrogens is 4. The van der Waals surface area contributed by atoms with Gasteiger partial charge in [0.15, 0.2) is 17.9 Å². The van der Waals surface area contributed by atoms with Crippen molar-refractivity contribution in [2.24, 2.45) is 23.7 Å². The third-order valence-electron chi connectivity index (χ3n) is 9.71. The van der Waals surface area contributed by atoms with Crippen LogP contribution in [0.4, 0.5) is 62.3 Å². The number of likely N-dealkylation sites (tertiary alicyclic amines) is 3. The Morgan fingerprint density at radius 3 is 1.42 bits per heavy atom. The van der Waals surface area contributed by atoms with Crippen molar-refractivity contribution in [1.82, 2.24) is 40.4 Å². The highest BCUT2D eigenvalue weighted by Crippen LogP contribution is 2.39. The number of nitrogens with one attached hydrogen (secondary N) is 3. The van der Waals surface area contributed by atoms with Gasteiger partial charge in [0.25, 0.3) is 12.2 Å². The Balaban J connectivity index is 0.000000220. The van der Waals surface area contributed by atoms with Crippen LogP contribution in [0, 0.1) is 23.7 Å². The molecule has 6 heterocycles. The lowest BCUT2D eigenvalue weighted by atomic mass is 10.0. The molecule has 4 fully saturated rings. The van der Waals surface area contributed by atoms with E-state index < -0.39 is 49.1 Å². The number of halogens is 12. The second-order valence-electron chi connectivity index (χ2n) is 14.1. The summed E-state index contributed by atoms with van der Waals surface area (Å²) >= 11 is 0. The van der Waals surface area contributed by atoms with Crippen molar-refractivity contribution in [1.29, 1.82) is 0 Å². The standard InChI is InChI=1S/C16H18F6N4O3.C10H12F6N2O2.C6H6N2O2/c1-8(27)12-9(2-23-24-12)3-25-4-10-6-26(7-11(10)5-25)14(28)29-13(15(17,18)19)16(20,21)22;11-9(12,13)7(10(14,15)16)20-8(19)18-3-5-1-17-2-6(5)4-18;1-4(10)6-5(3-9)2-7-8-6/h2,10-11,13H,3-7H2,1H3,(H,23,24);5-7,17H,1-4H2;2-3H,1H3,(H,7,8). The molecule has 59 heavy (non-hydrogen) atoms. The van der Waals surface area contributed by atoms with Crippen LogP contribution in [0.1, 0.15) is 50.7 Å². The van der Waals surface area contributed by atoms with Gasteiger partial charge in [-0.05, 0) is 23.7 Å². The molecule has 4 aliphatic heterocycles. The average molecular weight is 873 g/mol. The zero-order valence-electron chi connectivity index (χ0n) is 30.7. The number of carbonyl (C=O) groups excluding carboxylic acids is 5. The van der Waals surface area contributed by atoms with Gasteiger partial charge in [0.1, 0.15) is 11.4 Å². The monoisotopic (exact) mass is 872 g/mol. The minimum absolute atomic E-state index is 0.00733. The minimum atomic E-state index is -5.74. The van der Waals surface area contributed by atoms with Crippen LogP contribution < -0.4 is 5.32 Å². The van der Waals surface area contributed by atoms with E-state index in [1.54, 1.807) is 0 Å². The van der Waals surface area contributed by atoms with Gasteiger partial charge >= 0.3 is 36.9 Å². The molecule has 4 aliphatic rings. The van der Waals surface area contributed by atoms with E-state index in [-0.39, 0.29) is 67.1 Å². The maximum Gasteiger partial charge on any atom is 0.434 e. The van der Waals surface area contributed by atoms with E-state index in [0.717, 1.165) is 9.80 Å². The zero-order chi connectivity index (χ0) is 44.2. The number of aldehydes is 1. The number of hydrogen-bond acceptors (Lipinski definition) is 11. The molecular formula is C32H36F12N8O7. The van der Waals surface area contributed by atoms with E-state index in [1.165, 1.54) is 26.2 Å². The van der Waals surface area contributed by atoms with E-state index in [2.05, 4.69) is 35.2 Å². The SMILES string of the molecule is CC(=O)c1[nH]ncc1C=O.CC(=O)c1[nH]ncc1CN1CC2CN(C(=O)OC(C(F)(F)F)C(F)(F)F)CC2C1.O=C(OC(C(F)(F)F)C(F)(F)F)N1CC2CNCC2C1. The zero-order valence-corrected chi connectivity index (χ0v) is 30.7. The summed E-state index contributed by atoms with van der Waals surface area (Å²) in [6, 6.07) is 0. The Kier molecular flexibility index (Phi) is 14.4. The summed E-state index contributed by atoms with van der Waals surface area (Å²) in [5.74, 6) is -0.458. The topological polar surface area (TPSA) is 183 Å². The van der Waals surface area contributed by atoms with Crippen molar-refractivity contribution < 1.29 is 86.1 Å². The number of hydrogen-bond donors (Lipinski definition) is 3. The van der Waals surface area contributed by atoms with E-state index in [4.69, 9.17) is 0 Å². The van der Waals surface area contributed by atoms with Crippen molar-refractivity contribution >= 4 is 30.0 Å². The van der Waals surface area contributed by atoms with Crippen molar-refractivity contribution in [2.45, 2.75) is 57.3 Å². The van der Waals surface area contributed by atoms with Gasteiger partial charge in [-0.1, -0.05) is 0 Å². The Morgan fingerprint density at radius 1 is 0.661 bits per heavy atom. The predicted molar refractivity (Wildman–Crippen MR) is 173 cm³/mol. The number of aromatic amines is 2. The van der Waals surface area contributed by atoms with Gasteiger partial charge in [0.05, 0.1) is 18.0 Å². The first-order valence-corrected chi connectivity index (χ1v) is 17.3. The molecule has 0 bridgehead atoms. The molecule has 4 atom stereocenters. The van der Waals surface area contributed by atoms with Gasteiger partial charge in [-0.25, -0.2) is 9.59 Å². The van der Waals surface area contributed by atoms with Crippen LogP contribution in [-0.4, -0.2) is 154 Å². The lowest BCUT2D eigenvalue weighted by Gasteiger charge is -2.26. The first-order valence-electron chi connectivity index (χ1n) is 17.3. The van der Waals surface area contributed by atoms with E-state index in [0.29, 0.717) is 55.8 Å². The largest absolute Gasteiger partial charge is 0.434 e. The highest BCUT2D eigenvalue weighted by Gasteiger charge is 2.61. The van der Waals surface area contributed by atoms with E-state index in [1.807, 2.05) is 4.90 Å². The summed E-state index contributed by atoms with van der Waals surface area (Å²) in [6.07, 6.45) is -30.8. The molecule has 0 radical (unpaired) electrons. The normalized spacial score (nSPS) is 22.0. The van der Waals surface area contributed by atoms with Crippen LogP contribution in [0.15, 0.2) is 12.4 Å². The fourth-order valence-electron chi connectivity index (χ4n) is 7.01. The van der Waals surface area contributed by atoms with Crippen LogP contribution in [0.5, 0.6) is 0 Å². The Labute approximate surface area is 325 Å². The summed E-state index contributed by atoms with van der Waals surface area (Å²) < 4.78 is 156. The maximum atomic E-state index is 12.6. The summed E-state index contributed by atoms with van der Waals surface area (Å²) in [7, 11) is 0. The fourth-order valence-corrected chi connectivity index (χ4v) is 7.01. The van der Waals surface area contributed by atoms with Gasteiger partial charge in [0.2, 0.25) is 0 Å². The molecular weight excluding hydrogens is 836 g/mol. The number of nitrogens with zero attached hydrogens (tertiary/aromatic N) is 5. The molecule has 2 amide bonds. The lowest BCUT2D eigenvalue weighted by Crippen LogP contribution is -2.48. The number of carbonyl (C=O) groups is 5. The van der Waals surface area contributed by atoms with Gasteiger partial charge in [-0.2, -0.15) is 62.9 Å². The molecule has 4 unspecified atom stereocenters. The summed E-state index contributed by atoms with van der Waals surface area (Å²) in [5.41, 5.74) is 1.67. The number of amides is 2. The van der Waals surface area contributed by atoms with Crippen LogP contribution in [0.3, 0.4) is 0 Å². The number of alkyl halides is 12. The maximum absolute atomic E-state index is 12.6. The van der Waals surface area contributed by atoms with E-state index in [9.17, 15) is 76.7 Å². The van der Waals surface area contributed by atoms with Crippen LogP contribution >= 0.6 is 0 Å². The lowest BCUT2D eigenvalue weighted by molar-refractivity contribution is -0.309. The fraction of sp³-hybridized carbons (Fsp3) is 0.656. The predicted octanol–water partition coefficient (Wildman–Crippen LogP) is 4.80. The van der Waals surface area contributed by atoms with Gasteiger partial charge < -0.3 is 24.6 Å². The molecule has 0 aromatic carbocycles. The Bertz CT molecular complexity index is 1760. The summed E-state index contributed by atoms with van der Waals surface area (Å²) in [6.45, 7) is 5.59. The van der Waals surface area contributed by atoms with Gasteiger partial charge in [-0.3, -0.25) is 29.5 Å². The van der Waals surface area contributed by atoms with Gasteiger partial charge in [0, 0.05) is 78.3 Å². The highest BCUT2D eigenvalue weighted by atomic mass is 19.4. The van der Waals surface area contributed by atoms with Crippen LogP contribution in [-0.2, 0) is 16.0 Å². The third kappa shape index (κ3) is 12.1. The van der Waals surface area contributed by atoms with Crippen molar-refractivity contribution in [3.8, 4) is 0 Å². The number of ketones is 2. The Morgan fingerprint density at radius 2 is 1.05 bits per heavy atom. The third-order valence-corrected chi connectivity index (χ3v) is 9.71. The van der Waals surface area contributed by atoms with Crippen LogP contribution in [0.25, 0.3) is 0 Å². The smallest absolute Gasteiger partial charge is 0.426 e.